The Morgan fingerprint density at radius 2 is 2.05 bits per heavy atom. The number of sulfone groups is 1. The zero-order valence-corrected chi connectivity index (χ0v) is 12.9. The van der Waals surface area contributed by atoms with Crippen molar-refractivity contribution in [2.45, 2.75) is 30.3 Å². The predicted octanol–water partition coefficient (Wildman–Crippen LogP) is 1.27. The fourth-order valence-electron chi connectivity index (χ4n) is 2.56. The second-order valence-corrected chi connectivity index (χ2v) is 7.54. The first-order valence-electron chi connectivity index (χ1n) is 7.31. The van der Waals surface area contributed by atoms with Crippen LogP contribution in [0.3, 0.4) is 0 Å². The Bertz CT molecular complexity index is 553. The quantitative estimate of drug-likeness (QED) is 0.825. The zero-order chi connectivity index (χ0) is 15.3. The van der Waals surface area contributed by atoms with Gasteiger partial charge in [0, 0.05) is 13.2 Å². The van der Waals surface area contributed by atoms with Crippen molar-refractivity contribution in [1.29, 1.82) is 0 Å². The topological polar surface area (TPSA) is 89.6 Å². The first-order valence-corrected chi connectivity index (χ1v) is 8.97. The molecule has 118 valence electrons. The molecule has 0 bridgehead atoms. The van der Waals surface area contributed by atoms with Crippen molar-refractivity contribution in [2.24, 2.45) is 11.7 Å². The van der Waals surface area contributed by atoms with Crippen LogP contribution in [-0.4, -0.2) is 39.0 Å². The maximum atomic E-state index is 12.5. The molecule has 1 atom stereocenters. The molecule has 2 rings (SSSR count). The molecule has 1 unspecified atom stereocenters. The monoisotopic (exact) mass is 313 g/mol. The molecule has 0 amide bonds. The summed E-state index contributed by atoms with van der Waals surface area (Å²) in [4.78, 5) is 0.280. The molecule has 1 fully saturated rings. The van der Waals surface area contributed by atoms with Crippen LogP contribution in [0.1, 0.15) is 30.9 Å². The highest BCUT2D eigenvalue weighted by Gasteiger charge is 2.24. The van der Waals surface area contributed by atoms with Crippen LogP contribution in [-0.2, 0) is 14.6 Å². The SMILES string of the molecule is NCCC(O)c1cccc(S(=O)(=O)CC2CCOCC2)c1. The molecule has 0 aliphatic carbocycles. The molecule has 1 aromatic rings. The fraction of sp³-hybridized carbons (Fsp3) is 0.600. The summed E-state index contributed by atoms with van der Waals surface area (Å²) in [7, 11) is -3.33. The van der Waals surface area contributed by atoms with Gasteiger partial charge in [-0.2, -0.15) is 0 Å². The van der Waals surface area contributed by atoms with Gasteiger partial charge >= 0.3 is 0 Å². The van der Waals surface area contributed by atoms with Crippen molar-refractivity contribution in [2.75, 3.05) is 25.5 Å². The number of hydrogen-bond donors (Lipinski definition) is 2. The summed E-state index contributed by atoms with van der Waals surface area (Å²) in [5, 5.41) is 9.94. The molecule has 1 heterocycles. The number of aliphatic hydroxyl groups excluding tert-OH is 1. The van der Waals surface area contributed by atoms with E-state index in [4.69, 9.17) is 10.5 Å². The lowest BCUT2D eigenvalue weighted by Crippen LogP contribution is -2.23. The molecule has 1 aliphatic heterocycles. The maximum absolute atomic E-state index is 12.5. The fourth-order valence-corrected chi connectivity index (χ4v) is 4.31. The van der Waals surface area contributed by atoms with Gasteiger partial charge in [0.25, 0.3) is 0 Å². The molecule has 6 heteroatoms. The number of hydrogen-bond acceptors (Lipinski definition) is 5. The van der Waals surface area contributed by atoms with Gasteiger partial charge in [-0.05, 0) is 49.4 Å². The van der Waals surface area contributed by atoms with Gasteiger partial charge in [0.1, 0.15) is 0 Å². The number of rotatable bonds is 6. The van der Waals surface area contributed by atoms with E-state index in [0.29, 0.717) is 31.7 Å². The normalized spacial score (nSPS) is 18.6. The predicted molar refractivity (Wildman–Crippen MR) is 80.7 cm³/mol. The standard InChI is InChI=1S/C15H23NO4S/c16-7-4-15(17)13-2-1-3-14(10-13)21(18,19)11-12-5-8-20-9-6-12/h1-3,10,12,15,17H,4-9,11,16H2. The Kier molecular flexibility index (Phi) is 5.75. The van der Waals surface area contributed by atoms with Gasteiger partial charge < -0.3 is 15.6 Å². The van der Waals surface area contributed by atoms with Crippen LogP contribution in [0.25, 0.3) is 0 Å². The summed E-state index contributed by atoms with van der Waals surface area (Å²) >= 11 is 0. The molecule has 0 saturated carbocycles. The molecule has 0 spiro atoms. The summed E-state index contributed by atoms with van der Waals surface area (Å²) in [6.07, 6.45) is 1.28. The van der Waals surface area contributed by atoms with Gasteiger partial charge in [0.05, 0.1) is 16.8 Å². The van der Waals surface area contributed by atoms with E-state index in [0.717, 1.165) is 12.8 Å². The third-order valence-electron chi connectivity index (χ3n) is 3.84. The second-order valence-electron chi connectivity index (χ2n) is 5.50. The number of aliphatic hydroxyl groups is 1. The van der Waals surface area contributed by atoms with Crippen LogP contribution < -0.4 is 5.73 Å². The van der Waals surface area contributed by atoms with E-state index in [-0.39, 0.29) is 16.6 Å². The van der Waals surface area contributed by atoms with E-state index in [9.17, 15) is 13.5 Å². The van der Waals surface area contributed by atoms with E-state index >= 15 is 0 Å². The summed E-state index contributed by atoms with van der Waals surface area (Å²) in [5.74, 6) is 0.300. The van der Waals surface area contributed by atoms with Gasteiger partial charge in [-0.25, -0.2) is 8.42 Å². The highest BCUT2D eigenvalue weighted by atomic mass is 32.2. The lowest BCUT2D eigenvalue weighted by Gasteiger charge is -2.22. The first-order chi connectivity index (χ1) is 10.0. The smallest absolute Gasteiger partial charge is 0.178 e. The molecular formula is C15H23NO4S. The molecule has 3 N–H and O–H groups in total. The van der Waals surface area contributed by atoms with Crippen molar-refractivity contribution in [3.8, 4) is 0 Å². The largest absolute Gasteiger partial charge is 0.388 e. The molecule has 1 aliphatic rings. The molecule has 21 heavy (non-hydrogen) atoms. The van der Waals surface area contributed by atoms with Crippen LogP contribution in [0.4, 0.5) is 0 Å². The van der Waals surface area contributed by atoms with E-state index in [1.807, 2.05) is 0 Å². The zero-order valence-electron chi connectivity index (χ0n) is 12.1. The molecule has 0 radical (unpaired) electrons. The summed E-state index contributed by atoms with van der Waals surface area (Å²) < 4.78 is 30.2. The van der Waals surface area contributed by atoms with Crippen LogP contribution in [0.5, 0.6) is 0 Å². The van der Waals surface area contributed by atoms with E-state index in [1.165, 1.54) is 0 Å². The Hall–Kier alpha value is -0.950. The van der Waals surface area contributed by atoms with Gasteiger partial charge in [-0.1, -0.05) is 12.1 Å². The highest BCUT2D eigenvalue weighted by Crippen LogP contribution is 2.24. The van der Waals surface area contributed by atoms with Crippen LogP contribution in [0.2, 0.25) is 0 Å². The van der Waals surface area contributed by atoms with Crippen molar-refractivity contribution in [3.05, 3.63) is 29.8 Å². The Balaban J connectivity index is 2.13. The molecule has 1 saturated heterocycles. The van der Waals surface area contributed by atoms with Gasteiger partial charge in [-0.15, -0.1) is 0 Å². The van der Waals surface area contributed by atoms with Gasteiger partial charge in [0.2, 0.25) is 0 Å². The second kappa shape index (κ2) is 7.35. The van der Waals surface area contributed by atoms with E-state index in [2.05, 4.69) is 0 Å². The minimum absolute atomic E-state index is 0.146. The van der Waals surface area contributed by atoms with E-state index < -0.39 is 15.9 Å². The number of ether oxygens (including phenoxy) is 1. The maximum Gasteiger partial charge on any atom is 0.178 e. The van der Waals surface area contributed by atoms with Crippen LogP contribution in [0.15, 0.2) is 29.2 Å². The summed E-state index contributed by atoms with van der Waals surface area (Å²) in [6.45, 7) is 1.63. The van der Waals surface area contributed by atoms with Gasteiger partial charge in [-0.3, -0.25) is 0 Å². The average Bonchev–Trinajstić information content (AvgIpc) is 2.48. The van der Waals surface area contributed by atoms with Crippen molar-refractivity contribution < 1.29 is 18.3 Å². The minimum Gasteiger partial charge on any atom is -0.388 e. The third kappa shape index (κ3) is 4.51. The van der Waals surface area contributed by atoms with E-state index in [1.54, 1.807) is 24.3 Å². The van der Waals surface area contributed by atoms with Crippen molar-refractivity contribution >= 4 is 9.84 Å². The van der Waals surface area contributed by atoms with Crippen molar-refractivity contribution in [1.82, 2.24) is 0 Å². The molecular weight excluding hydrogens is 290 g/mol. The van der Waals surface area contributed by atoms with Crippen LogP contribution in [0, 0.1) is 5.92 Å². The number of nitrogens with two attached hydrogens (primary N) is 1. The lowest BCUT2D eigenvalue weighted by atomic mass is 10.0. The molecule has 0 aromatic heterocycles. The van der Waals surface area contributed by atoms with Gasteiger partial charge in [0.15, 0.2) is 9.84 Å². The Labute approximate surface area is 126 Å². The minimum atomic E-state index is -3.33. The molecule has 5 nitrogen and oxygen atoms in total. The Morgan fingerprint density at radius 3 is 2.71 bits per heavy atom. The first kappa shape index (κ1) is 16.4. The van der Waals surface area contributed by atoms with Crippen LogP contribution >= 0.6 is 0 Å². The van der Waals surface area contributed by atoms with Crippen molar-refractivity contribution in [3.63, 3.8) is 0 Å². The highest BCUT2D eigenvalue weighted by molar-refractivity contribution is 7.91. The summed E-state index contributed by atoms with van der Waals surface area (Å²) in [6, 6.07) is 6.56. The average molecular weight is 313 g/mol. The summed E-state index contributed by atoms with van der Waals surface area (Å²) in [5.41, 5.74) is 6.03. The third-order valence-corrected chi connectivity index (χ3v) is 5.72. The lowest BCUT2D eigenvalue weighted by molar-refractivity contribution is 0.0723. The molecule has 1 aromatic carbocycles. The Morgan fingerprint density at radius 1 is 1.33 bits per heavy atom. The number of benzene rings is 1.